The lowest BCUT2D eigenvalue weighted by molar-refractivity contribution is 0.127. The Kier molecular flexibility index (Phi) is 3.77. The van der Waals surface area contributed by atoms with Crippen LogP contribution in [0.1, 0.15) is 18.2 Å². The molecule has 1 unspecified atom stereocenters. The van der Waals surface area contributed by atoms with Crippen LogP contribution in [0.15, 0.2) is 16.7 Å². The van der Waals surface area contributed by atoms with Gasteiger partial charge in [0.2, 0.25) is 0 Å². The standard InChI is InChI=1S/C8H9BrFNO2/c9-5-3-6(10)8(11-4-5)7(13)1-2-12/h3-4,7,12-13H,1-2H2. The van der Waals surface area contributed by atoms with Gasteiger partial charge in [-0.2, -0.15) is 0 Å². The smallest absolute Gasteiger partial charge is 0.148 e. The van der Waals surface area contributed by atoms with Crippen LogP contribution in [0.4, 0.5) is 4.39 Å². The molecule has 1 aromatic rings. The number of aromatic nitrogens is 1. The monoisotopic (exact) mass is 249 g/mol. The van der Waals surface area contributed by atoms with Crippen LogP contribution in [0.2, 0.25) is 0 Å². The van der Waals surface area contributed by atoms with Gasteiger partial charge in [0.1, 0.15) is 17.6 Å². The molecule has 0 aliphatic carbocycles. The van der Waals surface area contributed by atoms with Crippen molar-refractivity contribution in [3.8, 4) is 0 Å². The molecule has 0 fully saturated rings. The molecule has 0 radical (unpaired) electrons. The summed E-state index contributed by atoms with van der Waals surface area (Å²) in [4.78, 5) is 3.71. The fraction of sp³-hybridized carbons (Fsp3) is 0.375. The van der Waals surface area contributed by atoms with E-state index in [0.717, 1.165) is 0 Å². The minimum absolute atomic E-state index is 0.0303. The number of nitrogens with zero attached hydrogens (tertiary/aromatic N) is 1. The van der Waals surface area contributed by atoms with Gasteiger partial charge in [0.25, 0.3) is 0 Å². The molecule has 0 saturated heterocycles. The zero-order valence-electron chi connectivity index (χ0n) is 6.74. The van der Waals surface area contributed by atoms with E-state index < -0.39 is 11.9 Å². The number of rotatable bonds is 3. The van der Waals surface area contributed by atoms with Gasteiger partial charge in [0, 0.05) is 23.7 Å². The van der Waals surface area contributed by atoms with Crippen LogP contribution in [0.25, 0.3) is 0 Å². The Morgan fingerprint density at radius 1 is 1.62 bits per heavy atom. The van der Waals surface area contributed by atoms with Gasteiger partial charge in [-0.05, 0) is 22.0 Å². The average Bonchev–Trinajstić information content (AvgIpc) is 2.04. The Morgan fingerprint density at radius 2 is 2.31 bits per heavy atom. The molecule has 1 heterocycles. The highest BCUT2D eigenvalue weighted by Gasteiger charge is 2.13. The minimum atomic E-state index is -1.04. The van der Waals surface area contributed by atoms with E-state index in [0.29, 0.717) is 4.47 Å². The van der Waals surface area contributed by atoms with Crippen molar-refractivity contribution in [2.45, 2.75) is 12.5 Å². The molecule has 5 heteroatoms. The molecule has 13 heavy (non-hydrogen) atoms. The van der Waals surface area contributed by atoms with E-state index in [-0.39, 0.29) is 18.7 Å². The Hall–Kier alpha value is -0.520. The van der Waals surface area contributed by atoms with Gasteiger partial charge in [-0.25, -0.2) is 4.39 Å². The SMILES string of the molecule is OCCC(O)c1ncc(Br)cc1F. The molecule has 0 bridgehead atoms. The third-order valence-corrected chi connectivity index (χ3v) is 1.99. The van der Waals surface area contributed by atoms with E-state index in [4.69, 9.17) is 5.11 Å². The maximum atomic E-state index is 13.1. The fourth-order valence-electron chi connectivity index (χ4n) is 0.929. The van der Waals surface area contributed by atoms with Crippen molar-refractivity contribution < 1.29 is 14.6 Å². The maximum absolute atomic E-state index is 13.1. The number of hydrogen-bond acceptors (Lipinski definition) is 3. The molecule has 0 aliphatic rings. The first kappa shape index (κ1) is 10.6. The molecule has 2 N–H and O–H groups in total. The van der Waals surface area contributed by atoms with E-state index in [1.807, 2.05) is 0 Å². The summed E-state index contributed by atoms with van der Waals surface area (Å²) in [5.41, 5.74) is -0.0303. The molecule has 1 aromatic heterocycles. The van der Waals surface area contributed by atoms with Crippen molar-refractivity contribution in [1.29, 1.82) is 0 Å². The molecule has 0 aromatic carbocycles. The first-order chi connectivity index (χ1) is 6.15. The Labute approximate surface area is 83.4 Å². The largest absolute Gasteiger partial charge is 0.396 e. The summed E-state index contributed by atoms with van der Waals surface area (Å²) in [6.07, 6.45) is 0.447. The van der Waals surface area contributed by atoms with Crippen LogP contribution in [-0.4, -0.2) is 21.8 Å². The van der Waals surface area contributed by atoms with Gasteiger partial charge in [-0.3, -0.25) is 4.98 Å². The van der Waals surface area contributed by atoms with E-state index in [1.165, 1.54) is 12.3 Å². The van der Waals surface area contributed by atoms with Crippen LogP contribution < -0.4 is 0 Å². The van der Waals surface area contributed by atoms with Crippen molar-refractivity contribution in [2.75, 3.05) is 6.61 Å². The first-order valence-corrected chi connectivity index (χ1v) is 4.54. The van der Waals surface area contributed by atoms with E-state index in [9.17, 15) is 9.50 Å². The second kappa shape index (κ2) is 4.64. The second-order valence-electron chi connectivity index (χ2n) is 2.55. The third-order valence-electron chi connectivity index (χ3n) is 1.55. The van der Waals surface area contributed by atoms with E-state index in [1.54, 1.807) is 0 Å². The summed E-state index contributed by atoms with van der Waals surface area (Å²) in [5.74, 6) is -0.574. The Bertz CT molecular complexity index is 295. The Balaban J connectivity index is 2.88. The molecule has 1 rings (SSSR count). The Morgan fingerprint density at radius 3 is 2.85 bits per heavy atom. The molecular formula is C8H9BrFNO2. The van der Waals surface area contributed by atoms with Gasteiger partial charge < -0.3 is 10.2 Å². The number of aliphatic hydroxyl groups excluding tert-OH is 2. The molecule has 0 amide bonds. The molecule has 72 valence electrons. The summed E-state index contributed by atoms with van der Waals surface area (Å²) in [7, 11) is 0. The summed E-state index contributed by atoms with van der Waals surface area (Å²) < 4.78 is 13.6. The first-order valence-electron chi connectivity index (χ1n) is 3.75. The zero-order chi connectivity index (χ0) is 9.84. The molecule has 0 spiro atoms. The molecular weight excluding hydrogens is 241 g/mol. The predicted octanol–water partition coefficient (Wildman–Crippen LogP) is 1.40. The molecule has 0 aliphatic heterocycles. The quantitative estimate of drug-likeness (QED) is 0.852. The molecule has 3 nitrogen and oxygen atoms in total. The number of aliphatic hydroxyl groups is 2. The van der Waals surface area contributed by atoms with Crippen molar-refractivity contribution in [2.24, 2.45) is 0 Å². The van der Waals surface area contributed by atoms with Crippen LogP contribution in [-0.2, 0) is 0 Å². The van der Waals surface area contributed by atoms with Crippen molar-refractivity contribution in [1.82, 2.24) is 4.98 Å². The van der Waals surface area contributed by atoms with Crippen molar-refractivity contribution in [3.63, 3.8) is 0 Å². The van der Waals surface area contributed by atoms with E-state index in [2.05, 4.69) is 20.9 Å². The summed E-state index contributed by atoms with van der Waals surface area (Å²) in [5, 5.41) is 17.8. The highest BCUT2D eigenvalue weighted by molar-refractivity contribution is 9.10. The summed E-state index contributed by atoms with van der Waals surface area (Å²) in [6.45, 7) is -0.196. The highest BCUT2D eigenvalue weighted by atomic mass is 79.9. The number of pyridine rings is 1. The average molecular weight is 250 g/mol. The van der Waals surface area contributed by atoms with Gasteiger partial charge in [0.15, 0.2) is 0 Å². The van der Waals surface area contributed by atoms with Gasteiger partial charge in [-0.1, -0.05) is 0 Å². The lowest BCUT2D eigenvalue weighted by Gasteiger charge is -2.08. The van der Waals surface area contributed by atoms with Crippen LogP contribution in [0.3, 0.4) is 0 Å². The van der Waals surface area contributed by atoms with Crippen LogP contribution >= 0.6 is 15.9 Å². The summed E-state index contributed by atoms with van der Waals surface area (Å²) in [6, 6.07) is 1.23. The number of halogens is 2. The van der Waals surface area contributed by atoms with E-state index >= 15 is 0 Å². The third kappa shape index (κ3) is 2.72. The number of hydrogen-bond donors (Lipinski definition) is 2. The normalized spacial score (nSPS) is 12.9. The van der Waals surface area contributed by atoms with Gasteiger partial charge in [-0.15, -0.1) is 0 Å². The molecule has 0 saturated carbocycles. The van der Waals surface area contributed by atoms with Crippen LogP contribution in [0, 0.1) is 5.82 Å². The lowest BCUT2D eigenvalue weighted by Crippen LogP contribution is -2.05. The van der Waals surface area contributed by atoms with Gasteiger partial charge >= 0.3 is 0 Å². The van der Waals surface area contributed by atoms with Crippen LogP contribution in [0.5, 0.6) is 0 Å². The maximum Gasteiger partial charge on any atom is 0.148 e. The second-order valence-corrected chi connectivity index (χ2v) is 3.46. The van der Waals surface area contributed by atoms with Gasteiger partial charge in [0.05, 0.1) is 0 Å². The summed E-state index contributed by atoms with van der Waals surface area (Å²) >= 11 is 3.05. The predicted molar refractivity (Wildman–Crippen MR) is 48.6 cm³/mol. The highest BCUT2D eigenvalue weighted by Crippen LogP contribution is 2.19. The minimum Gasteiger partial charge on any atom is -0.396 e. The lowest BCUT2D eigenvalue weighted by atomic mass is 10.2. The topological polar surface area (TPSA) is 53.4 Å². The van der Waals surface area contributed by atoms with Crippen molar-refractivity contribution >= 4 is 15.9 Å². The fourth-order valence-corrected chi connectivity index (χ4v) is 1.23. The van der Waals surface area contributed by atoms with Crippen molar-refractivity contribution in [3.05, 3.63) is 28.2 Å². The zero-order valence-corrected chi connectivity index (χ0v) is 8.33. The molecule has 1 atom stereocenters.